The van der Waals surface area contributed by atoms with Gasteiger partial charge in [-0.1, -0.05) is 25.6 Å². The molecule has 9 heteroatoms. The summed E-state index contributed by atoms with van der Waals surface area (Å²) in [6.45, 7) is 6.95. The van der Waals surface area contributed by atoms with E-state index in [9.17, 15) is 9.59 Å². The van der Waals surface area contributed by atoms with Crippen LogP contribution in [-0.4, -0.2) is 45.6 Å². The third-order valence-corrected chi connectivity index (χ3v) is 5.56. The molecule has 1 N–H and O–H groups in total. The molecule has 0 saturated carbocycles. The summed E-state index contributed by atoms with van der Waals surface area (Å²) in [4.78, 5) is 24.1. The van der Waals surface area contributed by atoms with E-state index in [4.69, 9.17) is 9.47 Å². The van der Waals surface area contributed by atoms with Crippen molar-refractivity contribution in [3.05, 3.63) is 54.1 Å². The molecular formula is C24H28N4O4S. The van der Waals surface area contributed by atoms with Gasteiger partial charge in [-0.3, -0.25) is 4.79 Å². The average molecular weight is 469 g/mol. The van der Waals surface area contributed by atoms with Crippen LogP contribution in [0, 0.1) is 5.92 Å². The lowest BCUT2D eigenvalue weighted by Gasteiger charge is -2.09. The van der Waals surface area contributed by atoms with Gasteiger partial charge < -0.3 is 19.4 Å². The van der Waals surface area contributed by atoms with Gasteiger partial charge >= 0.3 is 5.97 Å². The lowest BCUT2D eigenvalue weighted by atomic mass is 10.2. The second kappa shape index (κ2) is 11.5. The first-order valence-electron chi connectivity index (χ1n) is 10.7. The summed E-state index contributed by atoms with van der Waals surface area (Å²) < 4.78 is 12.5. The summed E-state index contributed by atoms with van der Waals surface area (Å²) in [6.07, 6.45) is 0. The van der Waals surface area contributed by atoms with E-state index in [1.165, 1.54) is 11.8 Å². The summed E-state index contributed by atoms with van der Waals surface area (Å²) in [5.41, 5.74) is 1.96. The Kier molecular flexibility index (Phi) is 8.48. The molecule has 0 radical (unpaired) electrons. The molecule has 8 nitrogen and oxygen atoms in total. The van der Waals surface area contributed by atoms with E-state index in [2.05, 4.69) is 29.4 Å². The van der Waals surface area contributed by atoms with Gasteiger partial charge in [0.15, 0.2) is 11.0 Å². The molecule has 0 unspecified atom stereocenters. The highest BCUT2D eigenvalue weighted by Crippen LogP contribution is 2.25. The Balaban J connectivity index is 1.55. The topological polar surface area (TPSA) is 95.3 Å². The molecule has 1 aromatic heterocycles. The Morgan fingerprint density at radius 1 is 1.06 bits per heavy atom. The highest BCUT2D eigenvalue weighted by molar-refractivity contribution is 7.99. The SMILES string of the molecule is CCOC(=O)c1ccc(NC(=O)CSc2nnc(-c3ccc(OCC(C)C)cc3)n2C)cc1. The number of amides is 1. The summed E-state index contributed by atoms with van der Waals surface area (Å²) in [6, 6.07) is 14.3. The van der Waals surface area contributed by atoms with Crippen LogP contribution in [0.5, 0.6) is 5.75 Å². The molecule has 0 spiro atoms. The number of nitrogens with one attached hydrogen (secondary N) is 1. The van der Waals surface area contributed by atoms with E-state index in [0.29, 0.717) is 41.4 Å². The number of thioether (sulfide) groups is 1. The number of carbonyl (C=O) groups excluding carboxylic acids is 2. The summed E-state index contributed by atoms with van der Waals surface area (Å²) >= 11 is 1.30. The number of hydrogen-bond acceptors (Lipinski definition) is 7. The quantitative estimate of drug-likeness (QED) is 0.347. The molecule has 0 aliphatic carbocycles. The van der Waals surface area contributed by atoms with Crippen molar-refractivity contribution in [3.8, 4) is 17.1 Å². The monoisotopic (exact) mass is 468 g/mol. The molecule has 3 aromatic rings. The predicted molar refractivity (Wildman–Crippen MR) is 129 cm³/mol. The third-order valence-electron chi connectivity index (χ3n) is 4.54. The summed E-state index contributed by atoms with van der Waals surface area (Å²) in [5.74, 6) is 1.60. The van der Waals surface area contributed by atoms with Crippen LogP contribution in [0.15, 0.2) is 53.7 Å². The zero-order valence-corrected chi connectivity index (χ0v) is 20.0. The second-order valence-electron chi connectivity index (χ2n) is 7.73. The molecule has 0 aliphatic heterocycles. The van der Waals surface area contributed by atoms with E-state index in [1.807, 2.05) is 35.9 Å². The number of nitrogens with zero attached hydrogens (tertiary/aromatic N) is 3. The van der Waals surface area contributed by atoms with Crippen molar-refractivity contribution in [1.82, 2.24) is 14.8 Å². The fourth-order valence-corrected chi connectivity index (χ4v) is 3.60. The Hall–Kier alpha value is -3.33. The first-order valence-corrected chi connectivity index (χ1v) is 11.7. The van der Waals surface area contributed by atoms with E-state index >= 15 is 0 Å². The molecule has 0 aliphatic rings. The van der Waals surface area contributed by atoms with Gasteiger partial charge in [0.25, 0.3) is 0 Å². The van der Waals surface area contributed by atoms with Crippen LogP contribution < -0.4 is 10.1 Å². The van der Waals surface area contributed by atoms with Gasteiger partial charge in [0.1, 0.15) is 5.75 Å². The number of hydrogen-bond donors (Lipinski definition) is 1. The van der Waals surface area contributed by atoms with Gasteiger partial charge in [-0.05, 0) is 61.4 Å². The standard InChI is InChI=1S/C24H28N4O4S/c1-5-31-23(30)18-6-10-19(11-7-18)25-21(29)15-33-24-27-26-22(28(24)4)17-8-12-20(13-9-17)32-14-16(2)3/h6-13,16H,5,14-15H2,1-4H3,(H,25,29). The minimum absolute atomic E-state index is 0.174. The number of esters is 1. The first-order chi connectivity index (χ1) is 15.9. The minimum Gasteiger partial charge on any atom is -0.493 e. The molecule has 2 aromatic carbocycles. The molecule has 1 amide bonds. The molecule has 0 saturated heterocycles. The van der Waals surface area contributed by atoms with Crippen LogP contribution in [0.2, 0.25) is 0 Å². The smallest absolute Gasteiger partial charge is 0.338 e. The molecular weight excluding hydrogens is 440 g/mol. The summed E-state index contributed by atoms with van der Waals surface area (Å²) in [7, 11) is 1.87. The molecule has 0 fully saturated rings. The van der Waals surface area contributed by atoms with Crippen molar-refractivity contribution in [2.45, 2.75) is 25.9 Å². The lowest BCUT2D eigenvalue weighted by molar-refractivity contribution is -0.113. The number of carbonyl (C=O) groups is 2. The summed E-state index contributed by atoms with van der Waals surface area (Å²) in [5, 5.41) is 11.9. The van der Waals surface area contributed by atoms with Crippen LogP contribution in [-0.2, 0) is 16.6 Å². The fourth-order valence-electron chi connectivity index (χ4n) is 2.89. The number of rotatable bonds is 10. The maximum Gasteiger partial charge on any atom is 0.338 e. The van der Waals surface area contributed by atoms with Crippen molar-refractivity contribution >= 4 is 29.3 Å². The molecule has 174 valence electrons. The van der Waals surface area contributed by atoms with Crippen molar-refractivity contribution in [1.29, 1.82) is 0 Å². The van der Waals surface area contributed by atoms with Gasteiger partial charge in [-0.15, -0.1) is 10.2 Å². The molecule has 0 bridgehead atoms. The van der Waals surface area contributed by atoms with Gasteiger partial charge in [-0.25, -0.2) is 4.79 Å². The second-order valence-corrected chi connectivity index (χ2v) is 8.67. The Morgan fingerprint density at radius 3 is 2.39 bits per heavy atom. The minimum atomic E-state index is -0.387. The van der Waals surface area contributed by atoms with Gasteiger partial charge in [0.2, 0.25) is 5.91 Å². The molecule has 33 heavy (non-hydrogen) atoms. The Bertz CT molecular complexity index is 1080. The third kappa shape index (κ3) is 6.82. The van der Waals surface area contributed by atoms with Crippen molar-refractivity contribution in [2.24, 2.45) is 13.0 Å². The molecule has 1 heterocycles. The number of aromatic nitrogens is 3. The zero-order chi connectivity index (χ0) is 23.8. The normalized spacial score (nSPS) is 10.8. The van der Waals surface area contributed by atoms with Gasteiger partial charge in [-0.2, -0.15) is 0 Å². The van der Waals surface area contributed by atoms with Crippen LogP contribution in [0.4, 0.5) is 5.69 Å². The molecule has 3 rings (SSSR count). The van der Waals surface area contributed by atoms with Crippen molar-refractivity contribution in [3.63, 3.8) is 0 Å². The van der Waals surface area contributed by atoms with E-state index in [0.717, 1.165) is 11.3 Å². The highest BCUT2D eigenvalue weighted by atomic mass is 32.2. The Morgan fingerprint density at radius 2 is 1.76 bits per heavy atom. The van der Waals surface area contributed by atoms with Gasteiger partial charge in [0.05, 0.1) is 24.5 Å². The van der Waals surface area contributed by atoms with E-state index in [1.54, 1.807) is 31.2 Å². The Labute approximate surface area is 197 Å². The highest BCUT2D eigenvalue weighted by Gasteiger charge is 2.14. The maximum absolute atomic E-state index is 12.3. The molecule has 0 atom stereocenters. The average Bonchev–Trinajstić information content (AvgIpc) is 3.17. The number of anilines is 1. The van der Waals surface area contributed by atoms with Crippen LogP contribution in [0.25, 0.3) is 11.4 Å². The van der Waals surface area contributed by atoms with E-state index < -0.39 is 0 Å². The maximum atomic E-state index is 12.3. The largest absolute Gasteiger partial charge is 0.493 e. The van der Waals surface area contributed by atoms with Crippen molar-refractivity contribution in [2.75, 3.05) is 24.3 Å². The first kappa shape index (κ1) is 24.3. The predicted octanol–water partition coefficient (Wildman–Crippen LogP) is 4.42. The van der Waals surface area contributed by atoms with Crippen LogP contribution >= 0.6 is 11.8 Å². The zero-order valence-electron chi connectivity index (χ0n) is 19.2. The number of ether oxygens (including phenoxy) is 2. The van der Waals surface area contributed by atoms with Crippen LogP contribution in [0.3, 0.4) is 0 Å². The van der Waals surface area contributed by atoms with E-state index in [-0.39, 0.29) is 17.6 Å². The van der Waals surface area contributed by atoms with Crippen molar-refractivity contribution < 1.29 is 19.1 Å². The fraction of sp³-hybridized carbons (Fsp3) is 0.333. The van der Waals surface area contributed by atoms with Crippen LogP contribution in [0.1, 0.15) is 31.1 Å². The van der Waals surface area contributed by atoms with Gasteiger partial charge in [0, 0.05) is 18.3 Å². The number of benzene rings is 2. The lowest BCUT2D eigenvalue weighted by Crippen LogP contribution is -2.14.